The molecular weight excluding hydrogens is 312 g/mol. The van der Waals surface area contributed by atoms with E-state index in [1.54, 1.807) is 7.11 Å². The van der Waals surface area contributed by atoms with Crippen molar-refractivity contribution in [3.63, 3.8) is 0 Å². The normalized spacial score (nSPS) is 11.2. The molecule has 5 nitrogen and oxygen atoms in total. The Labute approximate surface area is 138 Å². The van der Waals surface area contributed by atoms with Crippen molar-refractivity contribution < 1.29 is 4.74 Å². The summed E-state index contributed by atoms with van der Waals surface area (Å²) in [5.74, 6) is 1.05. The van der Waals surface area contributed by atoms with Crippen molar-refractivity contribution in [2.75, 3.05) is 18.6 Å². The molecule has 116 valence electrons. The third-order valence-corrected chi connectivity index (χ3v) is 3.64. The molecule has 0 aliphatic rings. The first-order chi connectivity index (χ1) is 11.1. The van der Waals surface area contributed by atoms with Gasteiger partial charge in [0.25, 0.3) is 0 Å². The molecule has 0 aliphatic heterocycles. The molecule has 0 saturated heterocycles. The van der Waals surface area contributed by atoms with Gasteiger partial charge in [-0.25, -0.2) is 4.98 Å². The number of nitrogen functional groups attached to an aromatic ring is 2. The summed E-state index contributed by atoms with van der Waals surface area (Å²) in [6.07, 6.45) is 3.94. The zero-order chi connectivity index (χ0) is 16.4. The summed E-state index contributed by atoms with van der Waals surface area (Å²) in [6.45, 7) is 0. The number of nitrogens with two attached hydrogens (primary N) is 2. The summed E-state index contributed by atoms with van der Waals surface area (Å²) in [5.41, 5.74) is 14.2. The van der Waals surface area contributed by atoms with E-state index in [4.69, 9.17) is 27.8 Å². The molecule has 23 heavy (non-hydrogen) atoms. The summed E-state index contributed by atoms with van der Waals surface area (Å²) in [7, 11) is 1.58. The number of nitrogens with zero attached hydrogens (tertiary/aromatic N) is 2. The minimum absolute atomic E-state index is 0.135. The zero-order valence-corrected chi connectivity index (χ0v) is 13.2. The topological polar surface area (TPSA) is 87.0 Å². The molecule has 0 spiro atoms. The van der Waals surface area contributed by atoms with Crippen LogP contribution < -0.4 is 16.2 Å². The summed E-state index contributed by atoms with van der Waals surface area (Å²) < 4.78 is 5.40. The van der Waals surface area contributed by atoms with Crippen molar-refractivity contribution in [3.05, 3.63) is 52.5 Å². The van der Waals surface area contributed by atoms with Crippen molar-refractivity contribution in [1.29, 1.82) is 0 Å². The molecule has 4 N–H and O–H groups in total. The summed E-state index contributed by atoms with van der Waals surface area (Å²) >= 11 is 5.88. The number of hydrogen-bond donors (Lipinski definition) is 2. The highest BCUT2D eigenvalue weighted by Crippen LogP contribution is 2.31. The number of rotatable bonds is 3. The molecule has 0 bridgehead atoms. The molecule has 1 heterocycles. The predicted molar refractivity (Wildman–Crippen MR) is 95.3 cm³/mol. The SMILES string of the molecule is COc1cc(/C=C/c2ccc(Cl)cc2)cc2nc(N)nc(N)c12. The van der Waals surface area contributed by atoms with Crippen LogP contribution in [0.15, 0.2) is 36.4 Å². The highest BCUT2D eigenvalue weighted by molar-refractivity contribution is 6.30. The maximum Gasteiger partial charge on any atom is 0.222 e. The van der Waals surface area contributed by atoms with E-state index in [0.29, 0.717) is 27.5 Å². The van der Waals surface area contributed by atoms with Crippen molar-refractivity contribution in [1.82, 2.24) is 9.97 Å². The minimum Gasteiger partial charge on any atom is -0.496 e. The molecule has 2 aromatic carbocycles. The molecule has 0 amide bonds. The van der Waals surface area contributed by atoms with Gasteiger partial charge in [0.15, 0.2) is 0 Å². The molecule has 0 aliphatic carbocycles. The van der Waals surface area contributed by atoms with E-state index in [-0.39, 0.29) is 5.95 Å². The number of aromatic nitrogens is 2. The first-order valence-corrected chi connectivity index (χ1v) is 7.29. The van der Waals surface area contributed by atoms with Crippen LogP contribution in [0.1, 0.15) is 11.1 Å². The van der Waals surface area contributed by atoms with E-state index in [9.17, 15) is 0 Å². The lowest BCUT2D eigenvalue weighted by atomic mass is 10.1. The number of hydrogen-bond acceptors (Lipinski definition) is 5. The van der Waals surface area contributed by atoms with E-state index in [0.717, 1.165) is 11.1 Å². The second kappa shape index (κ2) is 6.14. The monoisotopic (exact) mass is 326 g/mol. The predicted octanol–water partition coefficient (Wildman–Crippen LogP) is 3.63. The number of benzene rings is 2. The smallest absolute Gasteiger partial charge is 0.222 e. The van der Waals surface area contributed by atoms with Crippen molar-refractivity contribution in [2.45, 2.75) is 0 Å². The van der Waals surface area contributed by atoms with Gasteiger partial charge in [0.2, 0.25) is 5.95 Å². The molecule has 0 unspecified atom stereocenters. The van der Waals surface area contributed by atoms with Gasteiger partial charge < -0.3 is 16.2 Å². The fourth-order valence-electron chi connectivity index (χ4n) is 2.32. The van der Waals surface area contributed by atoms with E-state index >= 15 is 0 Å². The average Bonchev–Trinajstić information content (AvgIpc) is 2.53. The van der Waals surface area contributed by atoms with Crippen LogP contribution in [0.25, 0.3) is 23.1 Å². The van der Waals surface area contributed by atoms with E-state index in [1.165, 1.54) is 0 Å². The second-order valence-corrected chi connectivity index (χ2v) is 5.41. The number of methoxy groups -OCH3 is 1. The van der Waals surface area contributed by atoms with Crippen LogP contribution in [0.4, 0.5) is 11.8 Å². The number of halogens is 1. The lowest BCUT2D eigenvalue weighted by Crippen LogP contribution is -2.02. The Morgan fingerprint density at radius 1 is 1.00 bits per heavy atom. The molecule has 1 aromatic heterocycles. The molecular formula is C17H15ClN4O. The van der Waals surface area contributed by atoms with Gasteiger partial charge in [0.05, 0.1) is 18.0 Å². The maximum absolute atomic E-state index is 5.92. The fourth-order valence-corrected chi connectivity index (χ4v) is 2.44. The zero-order valence-electron chi connectivity index (χ0n) is 12.5. The van der Waals surface area contributed by atoms with Crippen LogP contribution in [0.3, 0.4) is 0 Å². The van der Waals surface area contributed by atoms with E-state index in [2.05, 4.69) is 9.97 Å². The molecule has 3 rings (SSSR count). The highest BCUT2D eigenvalue weighted by Gasteiger charge is 2.10. The molecule has 0 saturated carbocycles. The second-order valence-electron chi connectivity index (χ2n) is 4.97. The first kappa shape index (κ1) is 15.1. The van der Waals surface area contributed by atoms with Gasteiger partial charge in [-0.15, -0.1) is 0 Å². The van der Waals surface area contributed by atoms with Gasteiger partial charge in [-0.2, -0.15) is 4.98 Å². The Balaban J connectivity index is 2.06. The number of anilines is 2. The molecule has 6 heteroatoms. The number of ether oxygens (including phenoxy) is 1. The van der Waals surface area contributed by atoms with Crippen molar-refractivity contribution >= 4 is 46.4 Å². The van der Waals surface area contributed by atoms with Gasteiger partial charge >= 0.3 is 0 Å². The Bertz CT molecular complexity index is 891. The van der Waals surface area contributed by atoms with Crippen LogP contribution in [0, 0.1) is 0 Å². The fraction of sp³-hybridized carbons (Fsp3) is 0.0588. The molecule has 0 radical (unpaired) electrons. The summed E-state index contributed by atoms with van der Waals surface area (Å²) in [5, 5.41) is 1.36. The molecule has 0 atom stereocenters. The lowest BCUT2D eigenvalue weighted by molar-refractivity contribution is 0.419. The largest absolute Gasteiger partial charge is 0.496 e. The third kappa shape index (κ3) is 3.19. The lowest BCUT2D eigenvalue weighted by Gasteiger charge is -2.09. The van der Waals surface area contributed by atoms with Gasteiger partial charge in [-0.1, -0.05) is 35.9 Å². The Kier molecular flexibility index (Phi) is 4.04. The van der Waals surface area contributed by atoms with Crippen LogP contribution in [-0.4, -0.2) is 17.1 Å². The van der Waals surface area contributed by atoms with Gasteiger partial charge in [0, 0.05) is 5.02 Å². The Hall–Kier alpha value is -2.79. The van der Waals surface area contributed by atoms with Gasteiger partial charge in [-0.3, -0.25) is 0 Å². The first-order valence-electron chi connectivity index (χ1n) is 6.91. The Morgan fingerprint density at radius 3 is 2.39 bits per heavy atom. The van der Waals surface area contributed by atoms with Crippen LogP contribution in [0.2, 0.25) is 5.02 Å². The minimum atomic E-state index is 0.135. The highest BCUT2D eigenvalue weighted by atomic mass is 35.5. The van der Waals surface area contributed by atoms with Crippen molar-refractivity contribution in [3.8, 4) is 5.75 Å². The van der Waals surface area contributed by atoms with Crippen LogP contribution in [0.5, 0.6) is 5.75 Å². The van der Waals surface area contributed by atoms with Gasteiger partial charge in [-0.05, 0) is 35.4 Å². The molecule has 0 fully saturated rings. The van der Waals surface area contributed by atoms with Crippen LogP contribution in [-0.2, 0) is 0 Å². The summed E-state index contributed by atoms with van der Waals surface area (Å²) in [4.78, 5) is 8.20. The quantitative estimate of drug-likeness (QED) is 0.718. The van der Waals surface area contributed by atoms with Crippen molar-refractivity contribution in [2.24, 2.45) is 0 Å². The van der Waals surface area contributed by atoms with Gasteiger partial charge in [0.1, 0.15) is 11.6 Å². The number of fused-ring (bicyclic) bond motifs is 1. The average molecular weight is 327 g/mol. The Morgan fingerprint density at radius 2 is 1.70 bits per heavy atom. The van der Waals surface area contributed by atoms with Crippen LogP contribution >= 0.6 is 11.6 Å². The van der Waals surface area contributed by atoms with E-state index < -0.39 is 0 Å². The standard InChI is InChI=1S/C17H15ClN4O/c1-23-14-9-11(3-2-10-4-6-12(18)7-5-10)8-13-15(14)16(19)22-17(20)21-13/h2-9H,1H3,(H4,19,20,21,22)/b3-2+. The summed E-state index contributed by atoms with van der Waals surface area (Å²) in [6, 6.07) is 11.3. The third-order valence-electron chi connectivity index (χ3n) is 3.39. The maximum atomic E-state index is 5.92. The van der Waals surface area contributed by atoms with E-state index in [1.807, 2.05) is 48.6 Å². The molecule has 3 aromatic rings.